The van der Waals surface area contributed by atoms with E-state index in [1.807, 2.05) is 30.3 Å². The minimum Gasteiger partial charge on any atom is -0.504 e. The highest BCUT2D eigenvalue weighted by molar-refractivity contribution is 5.94. The van der Waals surface area contributed by atoms with Crippen LogP contribution in [-0.4, -0.2) is 32.5 Å². The van der Waals surface area contributed by atoms with Crippen LogP contribution >= 0.6 is 0 Å². The molecule has 0 spiro atoms. The van der Waals surface area contributed by atoms with E-state index < -0.39 is 5.91 Å². The Hall–Kier alpha value is -3.61. The van der Waals surface area contributed by atoms with E-state index in [0.29, 0.717) is 11.3 Å². The molecule has 3 aromatic rings. The monoisotopic (exact) mass is 322 g/mol. The number of nitrogens with zero attached hydrogens (tertiary/aromatic N) is 2. The van der Waals surface area contributed by atoms with Gasteiger partial charge in [-0.1, -0.05) is 30.3 Å². The first-order valence-electron chi connectivity index (χ1n) is 7.10. The quantitative estimate of drug-likeness (QED) is 0.335. The van der Waals surface area contributed by atoms with E-state index in [4.69, 9.17) is 0 Å². The number of phenolic OH excluding ortho intramolecular Hbond substituents is 2. The van der Waals surface area contributed by atoms with E-state index in [1.165, 1.54) is 18.3 Å². The summed E-state index contributed by atoms with van der Waals surface area (Å²) in [5.41, 5.74) is 4.73. The molecule has 24 heavy (non-hydrogen) atoms. The summed E-state index contributed by atoms with van der Waals surface area (Å²) in [6.07, 6.45) is 1.35. The van der Waals surface area contributed by atoms with Crippen molar-refractivity contribution in [3.8, 4) is 22.8 Å². The number of aromatic hydroxyl groups is 2. The molecule has 0 atom stereocenters. The molecule has 4 N–H and O–H groups in total. The Morgan fingerprint density at radius 3 is 2.62 bits per heavy atom. The van der Waals surface area contributed by atoms with Crippen LogP contribution < -0.4 is 5.43 Å². The number of rotatable bonds is 4. The molecule has 1 aromatic heterocycles. The van der Waals surface area contributed by atoms with Crippen molar-refractivity contribution in [1.82, 2.24) is 15.6 Å². The largest absolute Gasteiger partial charge is 0.504 e. The number of carbonyl (C=O) groups excluding carboxylic acids is 1. The smallest absolute Gasteiger partial charge is 0.289 e. The molecule has 0 saturated carbocycles. The molecule has 0 saturated heterocycles. The summed E-state index contributed by atoms with van der Waals surface area (Å²) in [7, 11) is 0. The summed E-state index contributed by atoms with van der Waals surface area (Å²) in [6.45, 7) is 0. The average Bonchev–Trinajstić information content (AvgIpc) is 3.09. The fourth-order valence-corrected chi connectivity index (χ4v) is 2.04. The van der Waals surface area contributed by atoms with Gasteiger partial charge in [0.05, 0.1) is 11.9 Å². The number of hydrogen-bond donors (Lipinski definition) is 4. The second-order valence-corrected chi connectivity index (χ2v) is 4.98. The third-order valence-corrected chi connectivity index (χ3v) is 3.27. The van der Waals surface area contributed by atoms with Crippen LogP contribution in [-0.2, 0) is 0 Å². The lowest BCUT2D eigenvalue weighted by Gasteiger charge is -1.98. The van der Waals surface area contributed by atoms with Gasteiger partial charge in [-0.2, -0.15) is 10.2 Å². The Kier molecular flexibility index (Phi) is 4.24. The minimum absolute atomic E-state index is 0.220. The maximum atomic E-state index is 12.0. The number of hydrogen-bond acceptors (Lipinski definition) is 5. The number of benzene rings is 2. The van der Waals surface area contributed by atoms with E-state index in [0.717, 1.165) is 5.56 Å². The average molecular weight is 322 g/mol. The number of hydrazone groups is 1. The van der Waals surface area contributed by atoms with Crippen LogP contribution in [0.25, 0.3) is 11.3 Å². The molecule has 1 heterocycles. The number of aromatic amines is 1. The maximum Gasteiger partial charge on any atom is 0.289 e. The van der Waals surface area contributed by atoms with Gasteiger partial charge in [-0.25, -0.2) is 5.43 Å². The van der Waals surface area contributed by atoms with Crippen molar-refractivity contribution in [2.75, 3.05) is 0 Å². The van der Waals surface area contributed by atoms with E-state index in [2.05, 4.69) is 20.7 Å². The van der Waals surface area contributed by atoms with Crippen molar-refractivity contribution in [2.45, 2.75) is 0 Å². The van der Waals surface area contributed by atoms with Crippen LogP contribution in [0.4, 0.5) is 0 Å². The fraction of sp³-hybridized carbons (Fsp3) is 0. The molecule has 7 heteroatoms. The lowest BCUT2D eigenvalue weighted by Crippen LogP contribution is -2.17. The summed E-state index contributed by atoms with van der Waals surface area (Å²) >= 11 is 0. The normalized spacial score (nSPS) is 10.8. The number of phenols is 2. The lowest BCUT2D eigenvalue weighted by molar-refractivity contribution is 0.0950. The lowest BCUT2D eigenvalue weighted by atomic mass is 10.1. The summed E-state index contributed by atoms with van der Waals surface area (Å²) in [6, 6.07) is 15.3. The minimum atomic E-state index is -0.441. The Bertz CT molecular complexity index is 888. The first-order chi connectivity index (χ1) is 11.6. The van der Waals surface area contributed by atoms with Gasteiger partial charge in [0.1, 0.15) is 5.69 Å². The van der Waals surface area contributed by atoms with E-state index in [1.54, 1.807) is 12.1 Å². The fourth-order valence-electron chi connectivity index (χ4n) is 2.04. The molecule has 0 aliphatic heterocycles. The predicted molar refractivity (Wildman–Crippen MR) is 88.9 cm³/mol. The van der Waals surface area contributed by atoms with Gasteiger partial charge in [0.15, 0.2) is 11.5 Å². The van der Waals surface area contributed by atoms with Gasteiger partial charge >= 0.3 is 0 Å². The van der Waals surface area contributed by atoms with Crippen molar-refractivity contribution in [1.29, 1.82) is 0 Å². The highest BCUT2D eigenvalue weighted by Gasteiger charge is 2.10. The van der Waals surface area contributed by atoms with E-state index in [-0.39, 0.29) is 17.2 Å². The Labute approximate surface area is 137 Å². The van der Waals surface area contributed by atoms with Crippen molar-refractivity contribution < 1.29 is 15.0 Å². The molecule has 0 aliphatic carbocycles. The number of H-pyrrole nitrogens is 1. The van der Waals surface area contributed by atoms with Crippen LogP contribution in [0.5, 0.6) is 11.5 Å². The van der Waals surface area contributed by atoms with Crippen molar-refractivity contribution in [2.24, 2.45) is 5.10 Å². The highest BCUT2D eigenvalue weighted by atomic mass is 16.3. The van der Waals surface area contributed by atoms with Crippen LogP contribution in [0.2, 0.25) is 0 Å². The topological polar surface area (TPSA) is 111 Å². The molecule has 7 nitrogen and oxygen atoms in total. The second kappa shape index (κ2) is 6.66. The van der Waals surface area contributed by atoms with Gasteiger partial charge in [-0.3, -0.25) is 9.89 Å². The number of amides is 1. The zero-order valence-electron chi connectivity index (χ0n) is 12.5. The van der Waals surface area contributed by atoms with Gasteiger partial charge < -0.3 is 10.2 Å². The molecule has 0 radical (unpaired) electrons. The van der Waals surface area contributed by atoms with E-state index >= 15 is 0 Å². The Balaban J connectivity index is 1.66. The molecule has 0 unspecified atom stereocenters. The van der Waals surface area contributed by atoms with Gasteiger partial charge in [-0.05, 0) is 29.8 Å². The molecule has 3 rings (SSSR count). The number of nitrogens with one attached hydrogen (secondary N) is 2. The third-order valence-electron chi connectivity index (χ3n) is 3.27. The van der Waals surface area contributed by atoms with Crippen molar-refractivity contribution in [3.63, 3.8) is 0 Å². The van der Waals surface area contributed by atoms with Crippen LogP contribution in [0.3, 0.4) is 0 Å². The molecule has 0 aliphatic rings. The maximum absolute atomic E-state index is 12.0. The molecular formula is C17H14N4O3. The zero-order chi connectivity index (χ0) is 16.9. The predicted octanol–water partition coefficient (Wildman–Crippen LogP) is 2.25. The Morgan fingerprint density at radius 1 is 1.08 bits per heavy atom. The third kappa shape index (κ3) is 3.41. The van der Waals surface area contributed by atoms with Crippen molar-refractivity contribution in [3.05, 3.63) is 65.9 Å². The van der Waals surface area contributed by atoms with Crippen LogP contribution in [0, 0.1) is 0 Å². The standard InChI is InChI=1S/C17H14N4O3/c22-15-7-6-11(8-16(15)23)10-18-21-17(24)14-9-13(19-20-14)12-4-2-1-3-5-12/h1-10,22-23H,(H,19,20)(H,21,24)/b18-10-. The van der Waals surface area contributed by atoms with Crippen LogP contribution in [0.1, 0.15) is 16.1 Å². The number of aromatic nitrogens is 2. The first kappa shape index (κ1) is 15.3. The first-order valence-corrected chi connectivity index (χ1v) is 7.10. The molecular weight excluding hydrogens is 308 g/mol. The van der Waals surface area contributed by atoms with Gasteiger partial charge in [-0.15, -0.1) is 0 Å². The molecule has 120 valence electrons. The summed E-state index contributed by atoms with van der Waals surface area (Å²) in [4.78, 5) is 12.0. The molecule has 0 fully saturated rings. The second-order valence-electron chi connectivity index (χ2n) is 4.98. The summed E-state index contributed by atoms with van der Waals surface area (Å²) in [5.74, 6) is -0.919. The summed E-state index contributed by atoms with van der Waals surface area (Å²) < 4.78 is 0. The van der Waals surface area contributed by atoms with Gasteiger partial charge in [0, 0.05) is 5.56 Å². The summed E-state index contributed by atoms with van der Waals surface area (Å²) in [5, 5.41) is 29.2. The molecule has 0 bridgehead atoms. The Morgan fingerprint density at radius 2 is 1.88 bits per heavy atom. The van der Waals surface area contributed by atoms with E-state index in [9.17, 15) is 15.0 Å². The number of carbonyl (C=O) groups is 1. The van der Waals surface area contributed by atoms with Crippen LogP contribution in [0.15, 0.2) is 59.7 Å². The zero-order valence-corrected chi connectivity index (χ0v) is 12.5. The highest BCUT2D eigenvalue weighted by Crippen LogP contribution is 2.24. The molecule has 1 amide bonds. The SMILES string of the molecule is O=C(N/N=C\c1ccc(O)c(O)c1)c1cc(-c2ccccc2)n[nH]1. The van der Waals surface area contributed by atoms with Crippen molar-refractivity contribution >= 4 is 12.1 Å². The molecule has 2 aromatic carbocycles. The van der Waals surface area contributed by atoms with Gasteiger partial charge in [0.2, 0.25) is 0 Å². The van der Waals surface area contributed by atoms with Gasteiger partial charge in [0.25, 0.3) is 5.91 Å².